The van der Waals surface area contributed by atoms with E-state index in [1.807, 2.05) is 36.2 Å². The van der Waals surface area contributed by atoms with Crippen molar-refractivity contribution in [1.29, 1.82) is 0 Å². The average Bonchev–Trinajstić information content (AvgIpc) is 3.58. The molecule has 8 rings (SSSR count). The number of likely N-dealkylation sites (N-methyl/N-ethyl adjacent to an activating group) is 1. The van der Waals surface area contributed by atoms with Crippen LogP contribution in [0.25, 0.3) is 0 Å². The van der Waals surface area contributed by atoms with E-state index in [9.17, 15) is 28.8 Å². The van der Waals surface area contributed by atoms with Crippen LogP contribution in [-0.2, 0) is 14.4 Å². The highest BCUT2D eigenvalue weighted by Gasteiger charge is 2.37. The number of aromatic nitrogens is 2. The van der Waals surface area contributed by atoms with Gasteiger partial charge in [0.05, 0.1) is 12.2 Å². The maximum absolute atomic E-state index is 13.5. The number of nitrogens with one attached hydrogen (secondary N) is 2. The van der Waals surface area contributed by atoms with E-state index in [-0.39, 0.29) is 30.6 Å². The van der Waals surface area contributed by atoms with Crippen LogP contribution in [0.3, 0.4) is 0 Å². The second-order valence-electron chi connectivity index (χ2n) is 16.8. The van der Waals surface area contributed by atoms with Crippen molar-refractivity contribution in [2.75, 3.05) is 99.1 Å². The Bertz CT molecular complexity index is 2170. The molecule has 0 bridgehead atoms. The van der Waals surface area contributed by atoms with E-state index in [1.165, 1.54) is 0 Å². The van der Waals surface area contributed by atoms with Gasteiger partial charge in [-0.2, -0.15) is 0 Å². The van der Waals surface area contributed by atoms with Gasteiger partial charge in [-0.25, -0.2) is 14.8 Å². The maximum Gasteiger partial charge on any atom is 0.320 e. The molecule has 18 nitrogen and oxygen atoms in total. The van der Waals surface area contributed by atoms with Crippen LogP contribution in [0.2, 0.25) is 0 Å². The van der Waals surface area contributed by atoms with Crippen LogP contribution >= 0.6 is 0 Å². The number of carbonyl (C=O) groups is 6. The Morgan fingerprint density at radius 3 is 2.36 bits per heavy atom. The number of aryl methyl sites for hydroxylation is 1. The van der Waals surface area contributed by atoms with E-state index < -0.39 is 29.7 Å². The molecular weight excluding hydrogens is 781 g/mol. The van der Waals surface area contributed by atoms with E-state index in [4.69, 9.17) is 10.7 Å². The third-order valence-electron chi connectivity index (χ3n) is 12.8. The molecule has 7 amide bonds. The van der Waals surface area contributed by atoms with Crippen molar-refractivity contribution < 1.29 is 28.8 Å². The number of anilines is 5. The number of hydrogen-bond donors (Lipinski definition) is 3. The summed E-state index contributed by atoms with van der Waals surface area (Å²) in [6.07, 6.45) is 5.07. The standard InChI is InChI=1S/C43H54N12O6/c1-28-5-8-32(22-34(28)42(60)55(27-56)35-11-12-37(57)48-41(35)59)53-24-29(25-53)13-15-50-17-19-51(20-18-50)31-9-6-30(7-10-31)46-40-38(39(44)58)45-23-36(47-40)52-14-3-4-33(26-52)54-21-16-49(2)43(54)61/h5-10,22-23,27,29,33,35H,3-4,11-21,24-26H2,1-2H3,(H2,44,58)(H,46,47)(H,48,57,59)/t33-,35?/m1/s1. The Balaban J connectivity index is 0.801. The topological polar surface area (TPSA) is 201 Å². The summed E-state index contributed by atoms with van der Waals surface area (Å²) in [4.78, 5) is 97.5. The summed E-state index contributed by atoms with van der Waals surface area (Å²) in [6.45, 7) is 11.1. The molecule has 18 heteroatoms. The Labute approximate surface area is 355 Å². The molecule has 322 valence electrons. The molecule has 6 heterocycles. The van der Waals surface area contributed by atoms with Gasteiger partial charge in [-0.05, 0) is 87.0 Å². The number of piperazine rings is 1. The lowest BCUT2D eigenvalue weighted by atomic mass is 9.94. The van der Waals surface area contributed by atoms with Crippen LogP contribution in [0.15, 0.2) is 48.7 Å². The zero-order valence-corrected chi connectivity index (χ0v) is 34.8. The van der Waals surface area contributed by atoms with Crippen molar-refractivity contribution in [3.63, 3.8) is 0 Å². The Hall–Kier alpha value is -6.30. The number of primary amides is 1. The summed E-state index contributed by atoms with van der Waals surface area (Å²) in [5.74, 6) is -0.799. The highest BCUT2D eigenvalue weighted by molar-refractivity contribution is 6.08. The highest BCUT2D eigenvalue weighted by atomic mass is 16.2. The second kappa shape index (κ2) is 17.7. The average molecular weight is 835 g/mol. The molecule has 4 N–H and O–H groups in total. The van der Waals surface area contributed by atoms with Crippen LogP contribution in [0.1, 0.15) is 58.5 Å². The molecule has 0 radical (unpaired) electrons. The first kappa shape index (κ1) is 41.4. The van der Waals surface area contributed by atoms with Crippen LogP contribution in [0.4, 0.5) is 33.5 Å². The van der Waals surface area contributed by atoms with E-state index in [2.05, 4.69) is 47.3 Å². The number of carbonyl (C=O) groups excluding carboxylic acids is 6. The van der Waals surface area contributed by atoms with Gasteiger partial charge in [0.2, 0.25) is 18.2 Å². The maximum atomic E-state index is 13.5. The van der Waals surface area contributed by atoms with Crippen molar-refractivity contribution in [2.24, 2.45) is 11.7 Å². The predicted octanol–water partition coefficient (Wildman–Crippen LogP) is 2.02. The number of imide groups is 2. The minimum atomic E-state index is -1.01. The van der Waals surface area contributed by atoms with Crippen molar-refractivity contribution in [1.82, 2.24) is 34.9 Å². The minimum Gasteiger partial charge on any atom is -0.371 e. The summed E-state index contributed by atoms with van der Waals surface area (Å²) >= 11 is 0. The van der Waals surface area contributed by atoms with E-state index in [0.717, 1.165) is 100 Å². The molecule has 61 heavy (non-hydrogen) atoms. The largest absolute Gasteiger partial charge is 0.371 e. The SMILES string of the molecule is Cc1ccc(N2CC(CCN3CCN(c4ccc(Nc5nc(N6CCC[C@@H](N7CCN(C)C7=O)C6)cnc5C(N)=O)cc4)CC3)C2)cc1C(=O)N(C=O)C1CCC(=O)NC1=O. The molecule has 1 aromatic heterocycles. The Morgan fingerprint density at radius 2 is 1.67 bits per heavy atom. The molecule has 0 saturated carbocycles. The molecule has 0 spiro atoms. The molecule has 5 fully saturated rings. The van der Waals surface area contributed by atoms with Gasteiger partial charge in [0, 0.05) is 102 Å². The third kappa shape index (κ3) is 8.94. The van der Waals surface area contributed by atoms with Crippen molar-refractivity contribution in [3.8, 4) is 0 Å². The first-order valence-corrected chi connectivity index (χ1v) is 21.2. The fraction of sp³-hybridized carbons (Fsp3) is 0.488. The molecule has 5 aliphatic rings. The van der Waals surface area contributed by atoms with Crippen molar-refractivity contribution in [2.45, 2.75) is 51.1 Å². The number of piperidine rings is 2. The molecule has 2 aromatic carbocycles. The van der Waals surface area contributed by atoms with Gasteiger partial charge < -0.3 is 35.6 Å². The first-order chi connectivity index (χ1) is 29.4. The summed E-state index contributed by atoms with van der Waals surface area (Å²) in [6, 6.07) is 12.9. The van der Waals surface area contributed by atoms with E-state index in [0.29, 0.717) is 48.2 Å². The normalized spacial score (nSPS) is 21.3. The van der Waals surface area contributed by atoms with Gasteiger partial charge in [0.25, 0.3) is 11.8 Å². The molecule has 5 saturated heterocycles. The zero-order chi connectivity index (χ0) is 42.8. The van der Waals surface area contributed by atoms with Crippen molar-refractivity contribution in [3.05, 3.63) is 65.5 Å². The van der Waals surface area contributed by atoms with Crippen molar-refractivity contribution >= 4 is 64.8 Å². The number of nitrogens with zero attached hydrogens (tertiary/aromatic N) is 9. The first-order valence-electron chi connectivity index (χ1n) is 21.2. The number of amides is 7. The summed E-state index contributed by atoms with van der Waals surface area (Å²) < 4.78 is 0. The van der Waals surface area contributed by atoms with Crippen LogP contribution in [-0.4, -0.2) is 157 Å². The minimum absolute atomic E-state index is 0.0577. The molecule has 3 aromatic rings. The number of hydrogen-bond acceptors (Lipinski definition) is 13. The lowest BCUT2D eigenvalue weighted by molar-refractivity contribution is -0.139. The smallest absolute Gasteiger partial charge is 0.320 e. The molecule has 2 atom stereocenters. The van der Waals surface area contributed by atoms with Gasteiger partial charge in [0.15, 0.2) is 11.5 Å². The van der Waals surface area contributed by atoms with Gasteiger partial charge >= 0.3 is 6.03 Å². The van der Waals surface area contributed by atoms with Gasteiger partial charge in [-0.3, -0.25) is 39.1 Å². The Morgan fingerprint density at radius 1 is 0.918 bits per heavy atom. The molecule has 0 aliphatic carbocycles. The third-order valence-corrected chi connectivity index (χ3v) is 12.8. The lowest BCUT2D eigenvalue weighted by Gasteiger charge is -2.43. The summed E-state index contributed by atoms with van der Waals surface area (Å²) in [5.41, 5.74) is 9.62. The fourth-order valence-electron chi connectivity index (χ4n) is 9.06. The fourth-order valence-corrected chi connectivity index (χ4v) is 9.06. The quantitative estimate of drug-likeness (QED) is 0.167. The van der Waals surface area contributed by atoms with E-state index >= 15 is 0 Å². The van der Waals surface area contributed by atoms with Gasteiger partial charge in [-0.1, -0.05) is 6.07 Å². The Kier molecular flexibility index (Phi) is 12.0. The molecule has 5 aliphatic heterocycles. The molecule has 1 unspecified atom stereocenters. The number of rotatable bonds is 13. The number of benzene rings is 2. The molecular formula is C43H54N12O6. The summed E-state index contributed by atoms with van der Waals surface area (Å²) in [7, 11) is 1.83. The highest BCUT2D eigenvalue weighted by Crippen LogP contribution is 2.31. The lowest BCUT2D eigenvalue weighted by Crippen LogP contribution is -2.54. The van der Waals surface area contributed by atoms with Crippen LogP contribution < -0.4 is 31.1 Å². The second-order valence-corrected chi connectivity index (χ2v) is 16.8. The predicted molar refractivity (Wildman–Crippen MR) is 229 cm³/mol. The monoisotopic (exact) mass is 834 g/mol. The summed E-state index contributed by atoms with van der Waals surface area (Å²) in [5, 5.41) is 5.50. The van der Waals surface area contributed by atoms with Gasteiger partial charge in [0.1, 0.15) is 11.9 Å². The number of urea groups is 1. The number of nitrogens with two attached hydrogens (primary N) is 1. The van der Waals surface area contributed by atoms with Crippen LogP contribution in [0, 0.1) is 12.8 Å². The van der Waals surface area contributed by atoms with E-state index in [1.54, 1.807) is 24.1 Å². The zero-order valence-electron chi connectivity index (χ0n) is 34.8. The van der Waals surface area contributed by atoms with Gasteiger partial charge in [-0.15, -0.1) is 0 Å². The van der Waals surface area contributed by atoms with Crippen LogP contribution in [0.5, 0.6) is 0 Å².